The van der Waals surface area contributed by atoms with Gasteiger partial charge in [-0.3, -0.25) is 4.79 Å². The van der Waals surface area contributed by atoms with Gasteiger partial charge in [-0.1, -0.05) is 18.2 Å². The molecule has 0 saturated heterocycles. The lowest BCUT2D eigenvalue weighted by Crippen LogP contribution is -2.26. The molecule has 0 unspecified atom stereocenters. The van der Waals surface area contributed by atoms with Crippen LogP contribution in [0.2, 0.25) is 0 Å². The number of anilines is 1. The third-order valence-corrected chi connectivity index (χ3v) is 6.58. The maximum Gasteiger partial charge on any atom is 0.255 e. The Morgan fingerprint density at radius 3 is 2.55 bits per heavy atom. The topological polar surface area (TPSA) is 84.5 Å². The highest BCUT2D eigenvalue weighted by Crippen LogP contribution is 2.15. The van der Waals surface area contributed by atoms with Crippen molar-refractivity contribution in [3.8, 4) is 0 Å². The molecule has 1 heterocycles. The zero-order valence-corrected chi connectivity index (χ0v) is 17.6. The molecule has 0 bridgehead atoms. The predicted octanol–water partition coefficient (Wildman–Crippen LogP) is 3.67. The van der Waals surface area contributed by atoms with Crippen molar-refractivity contribution in [3.05, 3.63) is 82.0 Å². The maximum atomic E-state index is 12.4. The van der Waals surface area contributed by atoms with Gasteiger partial charge in [0.05, 0.1) is 11.5 Å². The number of carbonyl (C=O) groups is 1. The first-order valence-electron chi connectivity index (χ1n) is 8.99. The van der Waals surface area contributed by atoms with Gasteiger partial charge in [0, 0.05) is 29.8 Å². The third-order valence-electron chi connectivity index (χ3n) is 4.17. The van der Waals surface area contributed by atoms with E-state index < -0.39 is 10.0 Å². The van der Waals surface area contributed by atoms with E-state index in [0.29, 0.717) is 30.8 Å². The van der Waals surface area contributed by atoms with Crippen LogP contribution >= 0.6 is 11.3 Å². The second-order valence-electron chi connectivity index (χ2n) is 6.34. The van der Waals surface area contributed by atoms with E-state index in [4.69, 9.17) is 4.74 Å². The molecule has 3 aromatic rings. The Bertz CT molecular complexity index is 1050. The Morgan fingerprint density at radius 1 is 1.07 bits per heavy atom. The number of hydrogen-bond donors (Lipinski definition) is 2. The summed E-state index contributed by atoms with van der Waals surface area (Å²) in [6.45, 7) is 0.776. The highest BCUT2D eigenvalue weighted by molar-refractivity contribution is 7.89. The summed E-state index contributed by atoms with van der Waals surface area (Å²) in [6, 6.07) is 17.1. The summed E-state index contributed by atoms with van der Waals surface area (Å²) < 4.78 is 32.5. The van der Waals surface area contributed by atoms with Gasteiger partial charge in [0.25, 0.3) is 5.91 Å². The van der Waals surface area contributed by atoms with Gasteiger partial charge in [0.2, 0.25) is 10.0 Å². The van der Waals surface area contributed by atoms with Crippen LogP contribution in [0.25, 0.3) is 0 Å². The number of hydrogen-bond acceptors (Lipinski definition) is 5. The van der Waals surface area contributed by atoms with Crippen LogP contribution in [-0.2, 0) is 27.8 Å². The summed E-state index contributed by atoms with van der Waals surface area (Å²) in [5.74, 6) is -0.311. The van der Waals surface area contributed by atoms with Gasteiger partial charge in [0.1, 0.15) is 0 Å². The first-order valence-corrected chi connectivity index (χ1v) is 11.4. The molecule has 0 saturated carbocycles. The van der Waals surface area contributed by atoms with E-state index in [-0.39, 0.29) is 10.8 Å². The monoisotopic (exact) mass is 430 g/mol. The quantitative estimate of drug-likeness (QED) is 0.543. The molecular formula is C21H22N2O4S2. The van der Waals surface area contributed by atoms with Crippen molar-refractivity contribution in [3.63, 3.8) is 0 Å². The van der Waals surface area contributed by atoms with E-state index in [1.807, 2.05) is 35.7 Å². The first kappa shape index (κ1) is 21.2. The molecule has 6 nitrogen and oxygen atoms in total. The highest BCUT2D eigenvalue weighted by atomic mass is 32.2. The van der Waals surface area contributed by atoms with Crippen LogP contribution in [0.5, 0.6) is 0 Å². The van der Waals surface area contributed by atoms with Crippen LogP contribution in [-0.4, -0.2) is 28.0 Å². The Hall–Kier alpha value is -2.52. The Labute approximate surface area is 174 Å². The standard InChI is InChI=1S/C21H22N2O4S2/c1-27-15-16-4-2-5-18(14-16)23-21(24)17-7-9-20(10-8-17)29(25,26)22-12-11-19-6-3-13-28-19/h2-10,13-14,22H,11-12,15H2,1H3,(H,23,24). The molecule has 0 aliphatic carbocycles. The molecule has 0 atom stereocenters. The van der Waals surface area contributed by atoms with E-state index in [9.17, 15) is 13.2 Å². The van der Waals surface area contributed by atoms with E-state index in [1.54, 1.807) is 24.5 Å². The van der Waals surface area contributed by atoms with Gasteiger partial charge in [-0.05, 0) is 59.8 Å². The second kappa shape index (κ2) is 9.80. The van der Waals surface area contributed by atoms with E-state index >= 15 is 0 Å². The number of sulfonamides is 1. The van der Waals surface area contributed by atoms with Crippen molar-refractivity contribution in [1.82, 2.24) is 4.72 Å². The Kier molecular flexibility index (Phi) is 7.16. The molecule has 8 heteroatoms. The lowest BCUT2D eigenvalue weighted by molar-refractivity contribution is 0.102. The second-order valence-corrected chi connectivity index (χ2v) is 9.14. The number of methoxy groups -OCH3 is 1. The molecule has 3 rings (SSSR count). The fraction of sp³-hybridized carbons (Fsp3) is 0.190. The van der Waals surface area contributed by atoms with Crippen LogP contribution in [0.4, 0.5) is 5.69 Å². The first-order chi connectivity index (χ1) is 14.0. The molecule has 29 heavy (non-hydrogen) atoms. The minimum absolute atomic E-state index is 0.127. The number of ether oxygens (including phenoxy) is 1. The lowest BCUT2D eigenvalue weighted by atomic mass is 10.2. The molecule has 0 fully saturated rings. The van der Waals surface area contributed by atoms with Gasteiger partial charge < -0.3 is 10.1 Å². The minimum Gasteiger partial charge on any atom is -0.380 e. The minimum atomic E-state index is -3.62. The van der Waals surface area contributed by atoms with Gasteiger partial charge in [-0.15, -0.1) is 11.3 Å². The van der Waals surface area contributed by atoms with Crippen LogP contribution in [0.1, 0.15) is 20.8 Å². The average Bonchev–Trinajstić information content (AvgIpc) is 3.22. The fourth-order valence-corrected chi connectivity index (χ4v) is 4.48. The van der Waals surface area contributed by atoms with Gasteiger partial charge in [0.15, 0.2) is 0 Å². The van der Waals surface area contributed by atoms with Crippen LogP contribution in [0, 0.1) is 0 Å². The summed E-state index contributed by atoms with van der Waals surface area (Å²) in [5, 5.41) is 4.77. The molecule has 152 valence electrons. The van der Waals surface area contributed by atoms with Crippen molar-refractivity contribution >= 4 is 33.0 Å². The van der Waals surface area contributed by atoms with Crippen LogP contribution in [0.15, 0.2) is 70.9 Å². The van der Waals surface area contributed by atoms with Crippen LogP contribution in [0.3, 0.4) is 0 Å². The molecule has 0 aliphatic rings. The number of carbonyl (C=O) groups excluding carboxylic acids is 1. The molecule has 0 aliphatic heterocycles. The molecular weight excluding hydrogens is 408 g/mol. The highest BCUT2D eigenvalue weighted by Gasteiger charge is 2.15. The number of amides is 1. The van der Waals surface area contributed by atoms with E-state index in [1.165, 1.54) is 24.3 Å². The van der Waals surface area contributed by atoms with E-state index in [2.05, 4.69) is 10.0 Å². The summed E-state index contributed by atoms with van der Waals surface area (Å²) >= 11 is 1.59. The smallest absolute Gasteiger partial charge is 0.255 e. The third kappa shape index (κ3) is 5.98. The summed E-state index contributed by atoms with van der Waals surface area (Å²) in [5.41, 5.74) is 1.97. The van der Waals surface area contributed by atoms with Crippen LogP contribution < -0.4 is 10.0 Å². The zero-order valence-electron chi connectivity index (χ0n) is 15.9. The lowest BCUT2D eigenvalue weighted by Gasteiger charge is -2.09. The van der Waals surface area contributed by atoms with Crippen molar-refractivity contribution in [2.75, 3.05) is 19.0 Å². The Balaban J connectivity index is 1.61. The van der Waals surface area contributed by atoms with Crippen molar-refractivity contribution in [1.29, 1.82) is 0 Å². The molecule has 1 amide bonds. The van der Waals surface area contributed by atoms with Gasteiger partial charge >= 0.3 is 0 Å². The van der Waals surface area contributed by atoms with Crippen molar-refractivity contribution in [2.45, 2.75) is 17.9 Å². The summed E-state index contributed by atoms with van der Waals surface area (Å²) in [4.78, 5) is 13.7. The number of benzene rings is 2. The molecule has 1 aromatic heterocycles. The number of nitrogens with one attached hydrogen (secondary N) is 2. The van der Waals surface area contributed by atoms with E-state index in [0.717, 1.165) is 10.4 Å². The van der Waals surface area contributed by atoms with Gasteiger partial charge in [-0.2, -0.15) is 0 Å². The Morgan fingerprint density at radius 2 is 1.86 bits per heavy atom. The van der Waals surface area contributed by atoms with Gasteiger partial charge in [-0.25, -0.2) is 13.1 Å². The molecule has 2 aromatic carbocycles. The molecule has 0 radical (unpaired) electrons. The normalized spacial score (nSPS) is 11.3. The summed E-state index contributed by atoms with van der Waals surface area (Å²) in [7, 11) is -2.01. The fourth-order valence-electron chi connectivity index (χ4n) is 2.74. The number of thiophene rings is 1. The van der Waals surface area contributed by atoms with Crippen molar-refractivity contribution < 1.29 is 17.9 Å². The zero-order chi connectivity index (χ0) is 20.7. The van der Waals surface area contributed by atoms with Crippen molar-refractivity contribution in [2.24, 2.45) is 0 Å². The number of rotatable bonds is 9. The largest absolute Gasteiger partial charge is 0.380 e. The maximum absolute atomic E-state index is 12.4. The predicted molar refractivity (Wildman–Crippen MR) is 115 cm³/mol. The average molecular weight is 431 g/mol. The summed E-state index contributed by atoms with van der Waals surface area (Å²) in [6.07, 6.45) is 0.638. The molecule has 0 spiro atoms. The molecule has 2 N–H and O–H groups in total. The SMILES string of the molecule is COCc1cccc(NC(=O)c2ccc(S(=O)(=O)NCCc3cccs3)cc2)c1.